The summed E-state index contributed by atoms with van der Waals surface area (Å²) in [6.45, 7) is 0. The lowest BCUT2D eigenvalue weighted by Crippen LogP contribution is -2.36. The Balaban J connectivity index is 1.90. The van der Waals surface area contributed by atoms with Gasteiger partial charge in [-0.3, -0.25) is 0 Å². The van der Waals surface area contributed by atoms with Gasteiger partial charge in [-0.2, -0.15) is 0 Å². The second kappa shape index (κ2) is 8.19. The first-order valence-electron chi connectivity index (χ1n) is 9.94. The predicted octanol–water partition coefficient (Wildman–Crippen LogP) is 5.56. The van der Waals surface area contributed by atoms with Crippen molar-refractivity contribution in [1.29, 1.82) is 0 Å². The lowest BCUT2D eigenvalue weighted by molar-refractivity contribution is 0.389. The summed E-state index contributed by atoms with van der Waals surface area (Å²) in [5.74, 6) is 0.845. The summed E-state index contributed by atoms with van der Waals surface area (Å²) in [7, 11) is -1.62. The minimum absolute atomic E-state index is 0.845. The van der Waals surface area contributed by atoms with E-state index in [1.54, 1.807) is 0 Å². The zero-order valence-corrected chi connectivity index (χ0v) is 16.3. The third kappa shape index (κ3) is 3.49. The summed E-state index contributed by atoms with van der Waals surface area (Å²) < 4.78 is 0. The van der Waals surface area contributed by atoms with E-state index in [4.69, 9.17) is 0 Å². The van der Waals surface area contributed by atoms with Crippen LogP contribution in [0.4, 0.5) is 0 Å². The highest BCUT2D eigenvalue weighted by atomic mass is 31.2. The molecule has 0 radical (unpaired) electrons. The van der Waals surface area contributed by atoms with Crippen LogP contribution in [0.3, 0.4) is 0 Å². The molecule has 0 heterocycles. The molecule has 1 aliphatic rings. The standard InChI is InChI=1S/C25H28P/c1-5-13-22(14-6-1)21-26(23-15-7-2-8-16-23,24-17-9-3-10-18-24)25-19-11-4-12-20-25/h2-4,7-12,15-20,22H,1,5-6,13-14,21H2/q+1. The van der Waals surface area contributed by atoms with E-state index in [1.807, 2.05) is 0 Å². The Morgan fingerprint density at radius 1 is 0.538 bits per heavy atom. The average Bonchev–Trinajstić information content (AvgIpc) is 2.75. The predicted molar refractivity (Wildman–Crippen MR) is 117 cm³/mol. The van der Waals surface area contributed by atoms with Crippen molar-refractivity contribution in [3.8, 4) is 0 Å². The molecule has 0 amide bonds. The maximum atomic E-state index is 2.37. The van der Waals surface area contributed by atoms with Crippen molar-refractivity contribution in [3.05, 3.63) is 91.0 Å². The van der Waals surface area contributed by atoms with Gasteiger partial charge in [-0.1, -0.05) is 73.9 Å². The Kier molecular flexibility index (Phi) is 5.51. The summed E-state index contributed by atoms with van der Waals surface area (Å²) in [5.41, 5.74) is 0. The van der Waals surface area contributed by atoms with Gasteiger partial charge in [-0.05, 0) is 55.2 Å². The van der Waals surface area contributed by atoms with E-state index in [-0.39, 0.29) is 0 Å². The van der Waals surface area contributed by atoms with Crippen LogP contribution in [0.2, 0.25) is 0 Å². The van der Waals surface area contributed by atoms with Gasteiger partial charge in [0.05, 0.1) is 6.16 Å². The normalized spacial score (nSPS) is 15.7. The van der Waals surface area contributed by atoms with Crippen molar-refractivity contribution >= 4 is 23.2 Å². The van der Waals surface area contributed by atoms with Crippen LogP contribution in [0.15, 0.2) is 91.0 Å². The molecule has 0 saturated heterocycles. The summed E-state index contributed by atoms with van der Waals surface area (Å²) in [6.07, 6.45) is 8.34. The highest BCUT2D eigenvalue weighted by Crippen LogP contribution is 2.57. The maximum absolute atomic E-state index is 2.37. The van der Waals surface area contributed by atoms with Crippen molar-refractivity contribution in [3.63, 3.8) is 0 Å². The monoisotopic (exact) mass is 359 g/mol. The average molecular weight is 359 g/mol. The fourth-order valence-corrected chi connectivity index (χ4v) is 9.28. The van der Waals surface area contributed by atoms with Gasteiger partial charge in [0, 0.05) is 0 Å². The molecule has 1 saturated carbocycles. The Hall–Kier alpha value is -1.91. The summed E-state index contributed by atoms with van der Waals surface area (Å²) >= 11 is 0. The smallest absolute Gasteiger partial charge is 0.0620 e. The van der Waals surface area contributed by atoms with Crippen molar-refractivity contribution in [2.75, 3.05) is 6.16 Å². The van der Waals surface area contributed by atoms with E-state index in [0.29, 0.717) is 0 Å². The Bertz CT molecular complexity index is 693. The van der Waals surface area contributed by atoms with Gasteiger partial charge >= 0.3 is 0 Å². The summed E-state index contributed by atoms with van der Waals surface area (Å²) in [5, 5.41) is 4.59. The molecule has 0 unspecified atom stereocenters. The zero-order chi connectivity index (χ0) is 17.7. The quantitative estimate of drug-likeness (QED) is 0.523. The van der Waals surface area contributed by atoms with Gasteiger partial charge in [0.1, 0.15) is 23.2 Å². The maximum Gasteiger partial charge on any atom is 0.112 e. The zero-order valence-electron chi connectivity index (χ0n) is 15.4. The van der Waals surface area contributed by atoms with Crippen LogP contribution in [-0.2, 0) is 0 Å². The third-order valence-electron chi connectivity index (χ3n) is 5.85. The first-order valence-corrected chi connectivity index (χ1v) is 11.9. The van der Waals surface area contributed by atoms with Gasteiger partial charge in [0.15, 0.2) is 0 Å². The van der Waals surface area contributed by atoms with Crippen molar-refractivity contribution < 1.29 is 0 Å². The number of hydrogen-bond acceptors (Lipinski definition) is 0. The van der Waals surface area contributed by atoms with Crippen LogP contribution in [0.5, 0.6) is 0 Å². The van der Waals surface area contributed by atoms with E-state index >= 15 is 0 Å². The molecule has 4 rings (SSSR count). The minimum atomic E-state index is -1.62. The molecule has 0 spiro atoms. The van der Waals surface area contributed by atoms with Crippen molar-refractivity contribution in [2.24, 2.45) is 5.92 Å². The van der Waals surface area contributed by atoms with E-state index in [0.717, 1.165) is 5.92 Å². The van der Waals surface area contributed by atoms with Crippen LogP contribution in [0.1, 0.15) is 32.1 Å². The van der Waals surface area contributed by atoms with E-state index in [1.165, 1.54) is 54.2 Å². The van der Waals surface area contributed by atoms with Crippen LogP contribution in [0, 0.1) is 5.92 Å². The molecule has 3 aromatic rings. The van der Waals surface area contributed by atoms with Crippen molar-refractivity contribution in [2.45, 2.75) is 32.1 Å². The fourth-order valence-electron chi connectivity index (χ4n) is 4.57. The molecule has 1 fully saturated rings. The van der Waals surface area contributed by atoms with Gasteiger partial charge < -0.3 is 0 Å². The van der Waals surface area contributed by atoms with Crippen LogP contribution < -0.4 is 15.9 Å². The lowest BCUT2D eigenvalue weighted by atomic mass is 9.91. The molecule has 3 aromatic carbocycles. The molecule has 0 aliphatic heterocycles. The molecule has 0 atom stereocenters. The van der Waals surface area contributed by atoms with Gasteiger partial charge in [-0.25, -0.2) is 0 Å². The second-order valence-corrected chi connectivity index (χ2v) is 11.0. The minimum Gasteiger partial charge on any atom is -0.0620 e. The molecule has 0 nitrogen and oxygen atoms in total. The third-order valence-corrected chi connectivity index (χ3v) is 10.5. The van der Waals surface area contributed by atoms with E-state index < -0.39 is 7.26 Å². The van der Waals surface area contributed by atoms with E-state index in [9.17, 15) is 0 Å². The SMILES string of the molecule is c1ccc([P+](CC2CCCCC2)(c2ccccc2)c2ccccc2)cc1. The molecule has 0 aromatic heterocycles. The highest BCUT2D eigenvalue weighted by Gasteiger charge is 2.46. The summed E-state index contributed by atoms with van der Waals surface area (Å²) in [6, 6.07) is 34.0. The van der Waals surface area contributed by atoms with Gasteiger partial charge in [0.25, 0.3) is 0 Å². The number of benzene rings is 3. The molecular formula is C25H28P+. The lowest BCUT2D eigenvalue weighted by Gasteiger charge is -2.32. The Morgan fingerprint density at radius 3 is 1.31 bits per heavy atom. The number of rotatable bonds is 5. The van der Waals surface area contributed by atoms with Crippen LogP contribution in [0.25, 0.3) is 0 Å². The molecular weight excluding hydrogens is 331 g/mol. The summed E-state index contributed by atoms with van der Waals surface area (Å²) in [4.78, 5) is 0. The first kappa shape index (κ1) is 17.5. The molecule has 132 valence electrons. The van der Waals surface area contributed by atoms with E-state index in [2.05, 4.69) is 91.0 Å². The number of hydrogen-bond donors (Lipinski definition) is 0. The largest absolute Gasteiger partial charge is 0.112 e. The molecule has 1 heteroatoms. The highest BCUT2D eigenvalue weighted by molar-refractivity contribution is 7.95. The molecule has 1 aliphatic carbocycles. The molecule has 0 bridgehead atoms. The molecule has 26 heavy (non-hydrogen) atoms. The van der Waals surface area contributed by atoms with Crippen molar-refractivity contribution in [1.82, 2.24) is 0 Å². The van der Waals surface area contributed by atoms with Crippen LogP contribution in [-0.4, -0.2) is 6.16 Å². The van der Waals surface area contributed by atoms with Gasteiger partial charge in [0.2, 0.25) is 0 Å². The molecule has 0 N–H and O–H groups in total. The van der Waals surface area contributed by atoms with Gasteiger partial charge in [-0.15, -0.1) is 0 Å². The van der Waals surface area contributed by atoms with Crippen LogP contribution >= 0.6 is 7.26 Å². The fraction of sp³-hybridized carbons (Fsp3) is 0.280. The first-order chi connectivity index (χ1) is 12.9. The topological polar surface area (TPSA) is 0 Å². The Labute approximate surface area is 158 Å². The Morgan fingerprint density at radius 2 is 0.923 bits per heavy atom. The second-order valence-electron chi connectivity index (χ2n) is 7.50.